The van der Waals surface area contributed by atoms with Crippen molar-refractivity contribution in [2.24, 2.45) is 0 Å². The van der Waals surface area contributed by atoms with Crippen molar-refractivity contribution in [3.63, 3.8) is 0 Å². The topological polar surface area (TPSA) is 128 Å². The number of anilines is 2. The molecule has 0 aromatic heterocycles. The standard InChI is InChI=1S/C21H27ClN4O3S.C2HF3O2/c1-3-8-24-21(27)16-5-7-20(26-11-9-23-10-12-26)19(13-16)25-30(28,29)17-6-4-15(2)18(22)14-17;3-2(4,5)1(6)7/h4-7,13-14,23,25H,3,8-12H2,1-2H3,(H,24,27);(H,6,7). The summed E-state index contributed by atoms with van der Waals surface area (Å²) in [4.78, 5) is 23.5. The van der Waals surface area contributed by atoms with Crippen LogP contribution >= 0.6 is 11.6 Å². The summed E-state index contributed by atoms with van der Waals surface area (Å²) in [6, 6.07) is 9.74. The molecule has 0 unspecified atom stereocenters. The number of hydrogen-bond acceptors (Lipinski definition) is 6. The molecule has 1 heterocycles. The van der Waals surface area contributed by atoms with Crippen LogP contribution in [0.4, 0.5) is 24.5 Å². The van der Waals surface area contributed by atoms with Crippen LogP contribution in [0.15, 0.2) is 41.3 Å². The minimum atomic E-state index is -5.08. The summed E-state index contributed by atoms with van der Waals surface area (Å²) >= 11 is 6.13. The van der Waals surface area contributed by atoms with Crippen molar-refractivity contribution in [2.45, 2.75) is 31.3 Å². The molecule has 0 atom stereocenters. The number of halogens is 4. The zero-order valence-electron chi connectivity index (χ0n) is 20.2. The summed E-state index contributed by atoms with van der Waals surface area (Å²) in [6.45, 7) is 7.43. The van der Waals surface area contributed by atoms with E-state index >= 15 is 0 Å². The van der Waals surface area contributed by atoms with Gasteiger partial charge in [0.05, 0.1) is 16.3 Å². The molecule has 1 fully saturated rings. The second kappa shape index (κ2) is 13.0. The molecular formula is C23H28ClF3N4O5S. The zero-order valence-corrected chi connectivity index (χ0v) is 21.7. The predicted molar refractivity (Wildman–Crippen MR) is 135 cm³/mol. The summed E-state index contributed by atoms with van der Waals surface area (Å²) in [5, 5.41) is 13.6. The van der Waals surface area contributed by atoms with Gasteiger partial charge in [0.2, 0.25) is 0 Å². The molecule has 37 heavy (non-hydrogen) atoms. The molecule has 4 N–H and O–H groups in total. The largest absolute Gasteiger partial charge is 0.490 e. The van der Waals surface area contributed by atoms with E-state index in [4.69, 9.17) is 21.5 Å². The average Bonchev–Trinajstić information content (AvgIpc) is 2.84. The molecule has 0 radical (unpaired) electrons. The van der Waals surface area contributed by atoms with E-state index < -0.39 is 22.2 Å². The van der Waals surface area contributed by atoms with Crippen LogP contribution in [-0.2, 0) is 14.8 Å². The molecule has 14 heteroatoms. The predicted octanol–water partition coefficient (Wildman–Crippen LogP) is 3.63. The van der Waals surface area contributed by atoms with Crippen LogP contribution in [-0.4, -0.2) is 64.3 Å². The molecule has 1 saturated heterocycles. The number of aliphatic carboxylic acids is 1. The first-order chi connectivity index (χ1) is 17.3. The first-order valence-electron chi connectivity index (χ1n) is 11.2. The maximum absolute atomic E-state index is 13.1. The van der Waals surface area contributed by atoms with E-state index in [0.717, 1.165) is 43.9 Å². The Kier molecular flexibility index (Phi) is 10.6. The molecule has 2 aromatic rings. The van der Waals surface area contributed by atoms with E-state index in [1.807, 2.05) is 13.8 Å². The number of carboxylic acid groups (broad SMARTS) is 1. The van der Waals surface area contributed by atoms with Gasteiger partial charge in [-0.2, -0.15) is 13.2 Å². The third kappa shape index (κ3) is 8.79. The average molecular weight is 565 g/mol. The van der Waals surface area contributed by atoms with Gasteiger partial charge in [-0.1, -0.05) is 24.6 Å². The number of aryl methyl sites for hydroxylation is 1. The fourth-order valence-corrected chi connectivity index (χ4v) is 4.56. The number of hydrogen-bond donors (Lipinski definition) is 4. The smallest absolute Gasteiger partial charge is 0.475 e. The maximum Gasteiger partial charge on any atom is 0.490 e. The van der Waals surface area contributed by atoms with Gasteiger partial charge >= 0.3 is 12.1 Å². The minimum Gasteiger partial charge on any atom is -0.475 e. The summed E-state index contributed by atoms with van der Waals surface area (Å²) in [7, 11) is -3.88. The van der Waals surface area contributed by atoms with Gasteiger partial charge in [0, 0.05) is 43.3 Å². The first kappa shape index (κ1) is 30.2. The van der Waals surface area contributed by atoms with Crippen molar-refractivity contribution in [1.29, 1.82) is 0 Å². The highest BCUT2D eigenvalue weighted by molar-refractivity contribution is 7.92. The van der Waals surface area contributed by atoms with Gasteiger partial charge in [-0.05, 0) is 49.2 Å². The highest BCUT2D eigenvalue weighted by atomic mass is 35.5. The molecule has 204 valence electrons. The van der Waals surface area contributed by atoms with Crippen molar-refractivity contribution in [3.8, 4) is 0 Å². The summed E-state index contributed by atoms with van der Waals surface area (Å²) in [6.07, 6.45) is -4.27. The number of piperazine rings is 1. The number of nitrogens with zero attached hydrogens (tertiary/aromatic N) is 1. The number of alkyl halides is 3. The molecule has 1 amide bonds. The second-order valence-corrected chi connectivity index (χ2v) is 10.1. The van der Waals surface area contributed by atoms with Crippen LogP contribution < -0.4 is 20.3 Å². The Balaban J connectivity index is 0.000000604. The van der Waals surface area contributed by atoms with Gasteiger partial charge in [-0.25, -0.2) is 13.2 Å². The van der Waals surface area contributed by atoms with E-state index in [-0.39, 0.29) is 10.8 Å². The number of amides is 1. The highest BCUT2D eigenvalue weighted by Crippen LogP contribution is 2.31. The van der Waals surface area contributed by atoms with E-state index in [2.05, 4.69) is 20.3 Å². The summed E-state index contributed by atoms with van der Waals surface area (Å²) in [5.41, 5.74) is 2.32. The van der Waals surface area contributed by atoms with Crippen LogP contribution in [0.25, 0.3) is 0 Å². The zero-order chi connectivity index (χ0) is 27.8. The van der Waals surface area contributed by atoms with Crippen molar-refractivity contribution >= 4 is 44.9 Å². The number of nitrogens with one attached hydrogen (secondary N) is 3. The molecule has 2 aromatic carbocycles. The lowest BCUT2D eigenvalue weighted by Gasteiger charge is -2.31. The van der Waals surface area contributed by atoms with Crippen molar-refractivity contribution in [3.05, 3.63) is 52.5 Å². The third-order valence-electron chi connectivity index (χ3n) is 5.19. The Hall–Kier alpha value is -3.03. The fourth-order valence-electron chi connectivity index (χ4n) is 3.23. The lowest BCUT2D eigenvalue weighted by atomic mass is 10.1. The van der Waals surface area contributed by atoms with Crippen LogP contribution in [0.2, 0.25) is 5.02 Å². The summed E-state index contributed by atoms with van der Waals surface area (Å²) in [5.74, 6) is -2.99. The second-order valence-electron chi connectivity index (χ2n) is 8.04. The first-order valence-corrected chi connectivity index (χ1v) is 13.1. The van der Waals surface area contributed by atoms with Crippen molar-refractivity contribution in [1.82, 2.24) is 10.6 Å². The molecule has 9 nitrogen and oxygen atoms in total. The van der Waals surface area contributed by atoms with Gasteiger partial charge in [-0.3, -0.25) is 9.52 Å². The van der Waals surface area contributed by atoms with Crippen molar-refractivity contribution in [2.75, 3.05) is 42.3 Å². The van der Waals surface area contributed by atoms with E-state index in [0.29, 0.717) is 22.8 Å². The van der Waals surface area contributed by atoms with Gasteiger partial charge in [0.1, 0.15) is 0 Å². The monoisotopic (exact) mass is 564 g/mol. The van der Waals surface area contributed by atoms with Gasteiger partial charge in [-0.15, -0.1) is 0 Å². The number of rotatable bonds is 7. The molecule has 0 saturated carbocycles. The lowest BCUT2D eigenvalue weighted by molar-refractivity contribution is -0.192. The molecule has 0 bridgehead atoms. The van der Waals surface area contributed by atoms with Crippen LogP contribution in [0, 0.1) is 6.92 Å². The Morgan fingerprint density at radius 1 is 1.14 bits per heavy atom. The number of carbonyl (C=O) groups excluding carboxylic acids is 1. The number of sulfonamides is 1. The number of benzene rings is 2. The molecule has 0 aliphatic carbocycles. The van der Waals surface area contributed by atoms with Gasteiger partial charge in [0.15, 0.2) is 0 Å². The third-order valence-corrected chi connectivity index (χ3v) is 6.96. The SMILES string of the molecule is CCCNC(=O)c1ccc(N2CCNCC2)c(NS(=O)(=O)c2ccc(C)c(Cl)c2)c1.O=C(O)C(F)(F)F. The van der Waals surface area contributed by atoms with Gasteiger partial charge < -0.3 is 20.6 Å². The van der Waals surface area contributed by atoms with Crippen molar-refractivity contribution < 1.29 is 36.3 Å². The Bertz CT molecular complexity index is 1220. The lowest BCUT2D eigenvalue weighted by Crippen LogP contribution is -2.43. The maximum atomic E-state index is 13.1. The Labute approximate surface area is 218 Å². The fraction of sp³-hybridized carbons (Fsp3) is 0.391. The van der Waals surface area contributed by atoms with Crippen LogP contribution in [0.5, 0.6) is 0 Å². The number of carboxylic acids is 1. The van der Waals surface area contributed by atoms with E-state index in [1.54, 1.807) is 24.3 Å². The molecular weight excluding hydrogens is 537 g/mol. The molecule has 0 spiro atoms. The normalized spacial score (nSPS) is 13.8. The molecule has 3 rings (SSSR count). The summed E-state index contributed by atoms with van der Waals surface area (Å²) < 4.78 is 60.5. The van der Waals surface area contributed by atoms with Crippen LogP contribution in [0.3, 0.4) is 0 Å². The highest BCUT2D eigenvalue weighted by Gasteiger charge is 2.38. The van der Waals surface area contributed by atoms with E-state index in [9.17, 15) is 26.4 Å². The van der Waals surface area contributed by atoms with E-state index in [1.165, 1.54) is 12.1 Å². The Morgan fingerprint density at radius 3 is 2.30 bits per heavy atom. The molecule has 1 aliphatic rings. The molecule has 1 aliphatic heterocycles. The Morgan fingerprint density at radius 2 is 1.76 bits per heavy atom. The van der Waals surface area contributed by atoms with Gasteiger partial charge in [0.25, 0.3) is 15.9 Å². The minimum absolute atomic E-state index is 0.0743. The quantitative estimate of drug-likeness (QED) is 0.404. The van der Waals surface area contributed by atoms with Crippen LogP contribution in [0.1, 0.15) is 29.3 Å². The number of carbonyl (C=O) groups is 2.